The molecule has 1 aromatic heterocycles. The Hall–Kier alpha value is -1.14. The highest BCUT2D eigenvalue weighted by molar-refractivity contribution is 5.30. The molecule has 1 unspecified atom stereocenters. The fraction of sp³-hybridized carbons (Fsp3) is 0.818. The fourth-order valence-corrected chi connectivity index (χ4v) is 1.97. The Bertz CT molecular complexity index is 340. The molecule has 0 spiro atoms. The number of ether oxygens (including phenoxy) is 1. The monoisotopic (exact) mass is 239 g/mol. The van der Waals surface area contributed by atoms with Crippen LogP contribution in [0.25, 0.3) is 0 Å². The first-order valence-electron chi connectivity index (χ1n) is 6.27. The number of nitrogens with one attached hydrogen (secondary N) is 2. The van der Waals surface area contributed by atoms with Gasteiger partial charge in [-0.2, -0.15) is 4.98 Å². The van der Waals surface area contributed by atoms with E-state index in [0.717, 1.165) is 44.4 Å². The summed E-state index contributed by atoms with van der Waals surface area (Å²) in [4.78, 5) is 6.70. The molecule has 17 heavy (non-hydrogen) atoms. The molecule has 1 aromatic rings. The molecule has 0 amide bonds. The molecule has 0 aromatic carbocycles. The van der Waals surface area contributed by atoms with E-state index in [1.165, 1.54) is 0 Å². The topological polar surface area (TPSA) is 66.1 Å². The summed E-state index contributed by atoms with van der Waals surface area (Å²) in [6.45, 7) is 8.53. The number of anilines is 1. The van der Waals surface area contributed by atoms with Gasteiger partial charge in [-0.15, -0.1) is 5.10 Å². The predicted molar refractivity (Wildman–Crippen MR) is 66.3 cm³/mol. The minimum atomic E-state index is 0.495. The van der Waals surface area contributed by atoms with Gasteiger partial charge < -0.3 is 15.0 Å². The average molecular weight is 239 g/mol. The van der Waals surface area contributed by atoms with Crippen molar-refractivity contribution in [3.8, 4) is 0 Å². The van der Waals surface area contributed by atoms with Crippen molar-refractivity contribution >= 4 is 5.95 Å². The van der Waals surface area contributed by atoms with Crippen LogP contribution in [0.1, 0.15) is 19.7 Å². The minimum Gasteiger partial charge on any atom is -0.381 e. The van der Waals surface area contributed by atoms with E-state index in [4.69, 9.17) is 4.74 Å². The molecule has 1 aliphatic rings. The number of aromatic nitrogens is 3. The van der Waals surface area contributed by atoms with Gasteiger partial charge in [0.25, 0.3) is 0 Å². The quantitative estimate of drug-likeness (QED) is 0.718. The third-order valence-corrected chi connectivity index (χ3v) is 2.86. The Labute approximate surface area is 102 Å². The molecule has 6 nitrogen and oxygen atoms in total. The molecule has 1 fully saturated rings. The predicted octanol–water partition coefficient (Wildman–Crippen LogP) is 0.182. The summed E-state index contributed by atoms with van der Waals surface area (Å²) in [6.07, 6.45) is 0.794. The molecule has 2 rings (SSSR count). The highest BCUT2D eigenvalue weighted by Crippen LogP contribution is 2.10. The molecule has 96 valence electrons. The van der Waals surface area contributed by atoms with E-state index in [0.29, 0.717) is 12.6 Å². The van der Waals surface area contributed by atoms with Crippen LogP contribution < -0.4 is 10.2 Å². The van der Waals surface area contributed by atoms with Crippen molar-refractivity contribution < 1.29 is 4.74 Å². The van der Waals surface area contributed by atoms with E-state index in [1.54, 1.807) is 0 Å². The second-order valence-electron chi connectivity index (χ2n) is 4.33. The van der Waals surface area contributed by atoms with Crippen LogP contribution in [-0.2, 0) is 11.2 Å². The van der Waals surface area contributed by atoms with Crippen LogP contribution in [0.3, 0.4) is 0 Å². The van der Waals surface area contributed by atoms with Crippen molar-refractivity contribution in [2.45, 2.75) is 26.3 Å². The van der Waals surface area contributed by atoms with Gasteiger partial charge in [0, 0.05) is 38.7 Å². The van der Waals surface area contributed by atoms with Gasteiger partial charge in [-0.25, -0.2) is 0 Å². The van der Waals surface area contributed by atoms with E-state index in [1.807, 2.05) is 6.92 Å². The van der Waals surface area contributed by atoms with Gasteiger partial charge in [0.2, 0.25) is 5.95 Å². The Morgan fingerprint density at radius 2 is 2.41 bits per heavy atom. The molecule has 6 heteroatoms. The molecule has 0 aliphatic carbocycles. The lowest BCUT2D eigenvalue weighted by molar-refractivity contribution is 0.149. The van der Waals surface area contributed by atoms with E-state index in [9.17, 15) is 0 Å². The summed E-state index contributed by atoms with van der Waals surface area (Å²) in [5.74, 6) is 1.71. The largest absolute Gasteiger partial charge is 0.381 e. The third-order valence-electron chi connectivity index (χ3n) is 2.86. The number of H-pyrrole nitrogens is 1. The molecule has 2 heterocycles. The molecule has 0 radical (unpaired) electrons. The number of nitrogens with zero attached hydrogens (tertiary/aromatic N) is 3. The van der Waals surface area contributed by atoms with E-state index in [-0.39, 0.29) is 0 Å². The van der Waals surface area contributed by atoms with Gasteiger partial charge in [-0.05, 0) is 13.8 Å². The molecule has 1 atom stereocenters. The van der Waals surface area contributed by atoms with Gasteiger partial charge in [0.05, 0.1) is 6.61 Å². The zero-order valence-electron chi connectivity index (χ0n) is 10.6. The molecule has 1 aliphatic heterocycles. The van der Waals surface area contributed by atoms with Gasteiger partial charge >= 0.3 is 0 Å². The maximum absolute atomic E-state index is 5.30. The first-order chi connectivity index (χ1) is 8.29. The lowest BCUT2D eigenvalue weighted by atomic mass is 10.2. The first kappa shape index (κ1) is 12.3. The second-order valence-corrected chi connectivity index (χ2v) is 4.33. The lowest BCUT2D eigenvalue weighted by Crippen LogP contribution is -2.49. The molecular formula is C11H21N5O. The van der Waals surface area contributed by atoms with Crippen LogP contribution in [-0.4, -0.2) is 54.1 Å². The highest BCUT2D eigenvalue weighted by Gasteiger charge is 2.18. The van der Waals surface area contributed by atoms with Crippen molar-refractivity contribution in [3.63, 3.8) is 0 Å². The van der Waals surface area contributed by atoms with Crippen molar-refractivity contribution in [1.82, 2.24) is 20.5 Å². The van der Waals surface area contributed by atoms with Crippen molar-refractivity contribution in [1.29, 1.82) is 0 Å². The molecule has 1 saturated heterocycles. The summed E-state index contributed by atoms with van der Waals surface area (Å²) in [7, 11) is 0. The number of aromatic amines is 1. The fourth-order valence-electron chi connectivity index (χ4n) is 1.97. The van der Waals surface area contributed by atoms with Crippen molar-refractivity contribution in [3.05, 3.63) is 5.82 Å². The zero-order chi connectivity index (χ0) is 12.1. The van der Waals surface area contributed by atoms with Crippen LogP contribution >= 0.6 is 0 Å². The van der Waals surface area contributed by atoms with Gasteiger partial charge in [-0.3, -0.25) is 5.10 Å². The first-order valence-corrected chi connectivity index (χ1v) is 6.27. The Morgan fingerprint density at radius 3 is 3.18 bits per heavy atom. The maximum atomic E-state index is 5.30. The Kier molecular flexibility index (Phi) is 4.33. The maximum Gasteiger partial charge on any atom is 0.244 e. The van der Waals surface area contributed by atoms with E-state index >= 15 is 0 Å². The molecule has 2 N–H and O–H groups in total. The summed E-state index contributed by atoms with van der Waals surface area (Å²) in [5.41, 5.74) is 0. The smallest absolute Gasteiger partial charge is 0.244 e. The third kappa shape index (κ3) is 3.41. The molecule has 0 saturated carbocycles. The zero-order valence-corrected chi connectivity index (χ0v) is 10.6. The Morgan fingerprint density at radius 1 is 1.53 bits per heavy atom. The highest BCUT2D eigenvalue weighted by atomic mass is 16.5. The van der Waals surface area contributed by atoms with Gasteiger partial charge in [0.15, 0.2) is 0 Å². The minimum absolute atomic E-state index is 0.495. The summed E-state index contributed by atoms with van der Waals surface area (Å²) < 4.78 is 5.30. The van der Waals surface area contributed by atoms with Crippen molar-refractivity contribution in [2.75, 3.05) is 37.7 Å². The summed E-state index contributed by atoms with van der Waals surface area (Å²) in [6, 6.07) is 0.495. The van der Waals surface area contributed by atoms with E-state index in [2.05, 4.69) is 32.3 Å². The van der Waals surface area contributed by atoms with Crippen LogP contribution in [0.15, 0.2) is 0 Å². The van der Waals surface area contributed by atoms with Crippen LogP contribution in [0.4, 0.5) is 5.95 Å². The van der Waals surface area contributed by atoms with Gasteiger partial charge in [0.1, 0.15) is 5.82 Å². The number of piperazine rings is 1. The lowest BCUT2D eigenvalue weighted by Gasteiger charge is -2.30. The summed E-state index contributed by atoms with van der Waals surface area (Å²) >= 11 is 0. The van der Waals surface area contributed by atoms with E-state index < -0.39 is 0 Å². The SMILES string of the molecule is CCOCCc1nc(N2CCNC(C)C2)n[nH]1. The Balaban J connectivity index is 1.88. The normalized spacial score (nSPS) is 20.8. The molecular weight excluding hydrogens is 218 g/mol. The summed E-state index contributed by atoms with van der Waals surface area (Å²) in [5, 5.41) is 10.6. The average Bonchev–Trinajstić information content (AvgIpc) is 2.78. The number of hydrogen-bond donors (Lipinski definition) is 2. The van der Waals surface area contributed by atoms with Crippen LogP contribution in [0, 0.1) is 0 Å². The number of rotatable bonds is 5. The number of hydrogen-bond acceptors (Lipinski definition) is 5. The van der Waals surface area contributed by atoms with Crippen LogP contribution in [0.2, 0.25) is 0 Å². The second kappa shape index (κ2) is 5.97. The van der Waals surface area contributed by atoms with Crippen molar-refractivity contribution in [2.24, 2.45) is 0 Å². The van der Waals surface area contributed by atoms with Gasteiger partial charge in [-0.1, -0.05) is 0 Å². The molecule has 0 bridgehead atoms. The standard InChI is InChI=1S/C11H21N5O/c1-3-17-7-4-10-13-11(15-14-10)16-6-5-12-9(2)8-16/h9,12H,3-8H2,1-2H3,(H,13,14,15). The van der Waals surface area contributed by atoms with Crippen LogP contribution in [0.5, 0.6) is 0 Å².